The van der Waals surface area contributed by atoms with Gasteiger partial charge in [-0.25, -0.2) is 4.39 Å². The van der Waals surface area contributed by atoms with Crippen molar-refractivity contribution in [1.29, 1.82) is 0 Å². The summed E-state index contributed by atoms with van der Waals surface area (Å²) in [5.74, 6) is -0.566. The topological polar surface area (TPSA) is 62.2 Å². The smallest absolute Gasteiger partial charge is 0.226 e. The Morgan fingerprint density at radius 2 is 1.89 bits per heavy atom. The molecule has 5 rings (SSSR count). The van der Waals surface area contributed by atoms with Crippen LogP contribution in [-0.2, 0) is 4.79 Å². The lowest BCUT2D eigenvalue weighted by Crippen LogP contribution is -2.33. The van der Waals surface area contributed by atoms with Crippen molar-refractivity contribution in [3.8, 4) is 5.69 Å². The minimum Gasteiger partial charge on any atom is -0.352 e. The van der Waals surface area contributed by atoms with E-state index >= 15 is 0 Å². The summed E-state index contributed by atoms with van der Waals surface area (Å²) in [7, 11) is 0. The van der Waals surface area contributed by atoms with Gasteiger partial charge in [-0.2, -0.15) is 0 Å². The van der Waals surface area contributed by atoms with Gasteiger partial charge in [0.2, 0.25) is 5.91 Å². The number of hydrogen-bond donors (Lipinski definition) is 2. The lowest BCUT2D eigenvalue weighted by molar-refractivity contribution is -0.116. The van der Waals surface area contributed by atoms with E-state index in [4.69, 9.17) is 35.4 Å². The molecule has 0 saturated carbocycles. The molecule has 1 saturated heterocycles. The number of pyridine rings is 1. The van der Waals surface area contributed by atoms with Crippen LogP contribution in [-0.4, -0.2) is 32.0 Å². The normalized spacial score (nSPS) is 17.1. The fourth-order valence-electron chi connectivity index (χ4n) is 4.48. The van der Waals surface area contributed by atoms with Gasteiger partial charge >= 0.3 is 0 Å². The molecular weight excluding hydrogens is 532 g/mol. The zero-order valence-electron chi connectivity index (χ0n) is 19.4. The molecule has 6 nitrogen and oxygen atoms in total. The number of nitrogens with one attached hydrogen (secondary N) is 2. The van der Waals surface area contributed by atoms with E-state index in [0.29, 0.717) is 27.4 Å². The number of aromatic nitrogens is 2. The SMILES string of the molecule is O=C(CCN1C(=S)N[C@@H](c2ccccn2)[C@H]1c1cccn1-c1ccc(Cl)cc1Cl)Nc1ccc(F)cc1. The minimum absolute atomic E-state index is 0.174. The average Bonchev–Trinajstić information content (AvgIpc) is 3.48. The Labute approximate surface area is 229 Å². The summed E-state index contributed by atoms with van der Waals surface area (Å²) in [6.07, 6.45) is 3.85. The number of hydrogen-bond acceptors (Lipinski definition) is 3. The first-order valence-corrected chi connectivity index (χ1v) is 12.7. The molecule has 0 radical (unpaired) electrons. The van der Waals surface area contributed by atoms with Gasteiger partial charge in [-0.3, -0.25) is 9.78 Å². The first kappa shape index (κ1) is 25.2. The number of amides is 1. The van der Waals surface area contributed by atoms with Gasteiger partial charge in [0.15, 0.2) is 5.11 Å². The van der Waals surface area contributed by atoms with Gasteiger partial charge in [-0.1, -0.05) is 29.3 Å². The van der Waals surface area contributed by atoms with E-state index in [1.54, 1.807) is 18.3 Å². The fraction of sp³-hybridized carbons (Fsp3) is 0.148. The van der Waals surface area contributed by atoms with Crippen molar-refractivity contribution in [2.24, 2.45) is 0 Å². The second-order valence-corrected chi connectivity index (χ2v) is 9.75. The number of rotatable bonds is 7. The standard InChI is InChI=1S/C27H22Cl2FN5OS/c28-17-6-11-22(20(29)16-17)34-14-3-5-23(34)26-25(21-4-1-2-13-31-21)33-27(37)35(26)15-12-24(36)32-19-9-7-18(30)8-10-19/h1-11,13-14,16,25-26H,12,15H2,(H,32,36)(H,33,37)/t25-,26+/m0/s1. The van der Waals surface area contributed by atoms with E-state index in [0.717, 1.165) is 17.1 Å². The molecule has 0 spiro atoms. The molecule has 37 heavy (non-hydrogen) atoms. The number of carbonyl (C=O) groups excluding carboxylic acids is 1. The van der Waals surface area contributed by atoms with Crippen molar-refractivity contribution in [3.63, 3.8) is 0 Å². The molecule has 1 aliphatic rings. The van der Waals surface area contributed by atoms with Crippen molar-refractivity contribution >= 4 is 52.1 Å². The van der Waals surface area contributed by atoms with Gasteiger partial charge in [0, 0.05) is 41.8 Å². The van der Waals surface area contributed by atoms with Gasteiger partial charge in [0.05, 0.1) is 28.5 Å². The highest BCUT2D eigenvalue weighted by Crippen LogP contribution is 2.40. The minimum atomic E-state index is -0.362. The van der Waals surface area contributed by atoms with E-state index < -0.39 is 0 Å². The predicted molar refractivity (Wildman–Crippen MR) is 148 cm³/mol. The number of thiocarbonyl (C=S) groups is 1. The van der Waals surface area contributed by atoms with E-state index in [1.165, 1.54) is 24.3 Å². The molecule has 1 amide bonds. The summed E-state index contributed by atoms with van der Waals surface area (Å²) in [5, 5.41) is 7.78. The fourth-order valence-corrected chi connectivity index (χ4v) is 5.31. The van der Waals surface area contributed by atoms with Crippen LogP contribution in [0.3, 0.4) is 0 Å². The zero-order valence-corrected chi connectivity index (χ0v) is 21.8. The molecule has 188 valence electrons. The van der Waals surface area contributed by atoms with E-state index in [1.807, 2.05) is 52.1 Å². The Bertz CT molecular complexity index is 1430. The third kappa shape index (κ3) is 5.46. The molecule has 10 heteroatoms. The van der Waals surface area contributed by atoms with E-state index in [9.17, 15) is 9.18 Å². The number of halogens is 3. The lowest BCUT2D eigenvalue weighted by Gasteiger charge is -2.29. The third-order valence-corrected chi connectivity index (χ3v) is 7.05. The molecule has 2 atom stereocenters. The van der Waals surface area contributed by atoms with Gasteiger partial charge in [0.25, 0.3) is 0 Å². The Hall–Kier alpha value is -3.46. The summed E-state index contributed by atoms with van der Waals surface area (Å²) >= 11 is 18.4. The highest BCUT2D eigenvalue weighted by molar-refractivity contribution is 7.80. The van der Waals surface area contributed by atoms with Crippen molar-refractivity contribution in [2.45, 2.75) is 18.5 Å². The Kier molecular flexibility index (Phi) is 7.41. The summed E-state index contributed by atoms with van der Waals surface area (Å²) < 4.78 is 15.2. The third-order valence-electron chi connectivity index (χ3n) is 6.16. The number of carbonyl (C=O) groups is 1. The maximum atomic E-state index is 13.2. The second-order valence-electron chi connectivity index (χ2n) is 8.52. The van der Waals surface area contributed by atoms with Crippen LogP contribution in [0.25, 0.3) is 5.69 Å². The highest BCUT2D eigenvalue weighted by atomic mass is 35.5. The van der Waals surface area contributed by atoms with Crippen LogP contribution in [0, 0.1) is 5.82 Å². The average molecular weight is 554 g/mol. The van der Waals surface area contributed by atoms with Crippen LogP contribution in [0.5, 0.6) is 0 Å². The van der Waals surface area contributed by atoms with Gasteiger partial charge < -0.3 is 20.1 Å². The number of nitrogens with zero attached hydrogens (tertiary/aromatic N) is 3. The summed E-state index contributed by atoms with van der Waals surface area (Å²) in [6.45, 7) is 0.354. The molecule has 1 fully saturated rings. The summed E-state index contributed by atoms with van der Waals surface area (Å²) in [5.41, 5.74) is 3.05. The van der Waals surface area contributed by atoms with Gasteiger partial charge in [-0.05, 0) is 78.9 Å². The van der Waals surface area contributed by atoms with E-state index in [2.05, 4.69) is 15.6 Å². The monoisotopic (exact) mass is 553 g/mol. The Morgan fingerprint density at radius 3 is 2.62 bits per heavy atom. The molecule has 3 heterocycles. The van der Waals surface area contributed by atoms with Crippen LogP contribution in [0.15, 0.2) is 85.2 Å². The first-order chi connectivity index (χ1) is 17.9. The zero-order chi connectivity index (χ0) is 25.9. The van der Waals surface area contributed by atoms with Crippen LogP contribution in [0.1, 0.15) is 29.9 Å². The molecule has 4 aromatic rings. The highest BCUT2D eigenvalue weighted by Gasteiger charge is 2.41. The Balaban J connectivity index is 1.45. The van der Waals surface area contributed by atoms with Crippen molar-refractivity contribution in [1.82, 2.24) is 19.8 Å². The van der Waals surface area contributed by atoms with Crippen LogP contribution < -0.4 is 10.6 Å². The van der Waals surface area contributed by atoms with Gasteiger partial charge in [-0.15, -0.1) is 0 Å². The molecule has 0 aliphatic carbocycles. The second kappa shape index (κ2) is 10.9. The van der Waals surface area contributed by atoms with Crippen LogP contribution in [0.2, 0.25) is 10.0 Å². The van der Waals surface area contributed by atoms with Gasteiger partial charge in [0.1, 0.15) is 5.82 Å². The van der Waals surface area contributed by atoms with Crippen molar-refractivity contribution < 1.29 is 9.18 Å². The maximum Gasteiger partial charge on any atom is 0.226 e. The molecule has 0 unspecified atom stereocenters. The van der Waals surface area contributed by atoms with Crippen LogP contribution >= 0.6 is 35.4 Å². The van der Waals surface area contributed by atoms with E-state index in [-0.39, 0.29) is 30.2 Å². The molecular formula is C27H22Cl2FN5OS. The van der Waals surface area contributed by atoms with Crippen LogP contribution in [0.4, 0.5) is 10.1 Å². The lowest BCUT2D eigenvalue weighted by atomic mass is 10.0. The largest absolute Gasteiger partial charge is 0.352 e. The molecule has 2 N–H and O–H groups in total. The number of benzene rings is 2. The maximum absolute atomic E-state index is 13.2. The first-order valence-electron chi connectivity index (χ1n) is 11.6. The molecule has 2 aromatic carbocycles. The molecule has 1 aliphatic heterocycles. The molecule has 0 bridgehead atoms. The van der Waals surface area contributed by atoms with Crippen molar-refractivity contribution in [2.75, 3.05) is 11.9 Å². The summed E-state index contributed by atoms with van der Waals surface area (Å²) in [4.78, 5) is 19.3. The quantitative estimate of drug-likeness (QED) is 0.262. The van der Waals surface area contributed by atoms with Crippen molar-refractivity contribution in [3.05, 3.63) is 112 Å². The summed E-state index contributed by atoms with van der Waals surface area (Å²) in [6, 6.07) is 20.2. The number of anilines is 1. The Morgan fingerprint density at radius 1 is 1.08 bits per heavy atom. The predicted octanol–water partition coefficient (Wildman–Crippen LogP) is 6.32. The molecule has 2 aromatic heterocycles.